The summed E-state index contributed by atoms with van der Waals surface area (Å²) in [7, 11) is 0. The van der Waals surface area contributed by atoms with Crippen LogP contribution in [-0.4, -0.2) is 42.9 Å². The fourth-order valence-electron chi connectivity index (χ4n) is 3.28. The lowest BCUT2D eigenvalue weighted by Crippen LogP contribution is -2.30. The van der Waals surface area contributed by atoms with Gasteiger partial charge >= 0.3 is 0 Å². The molecule has 0 saturated carbocycles. The lowest BCUT2D eigenvalue weighted by molar-refractivity contribution is 0.214. The van der Waals surface area contributed by atoms with Crippen LogP contribution in [0.1, 0.15) is 43.7 Å². The lowest BCUT2D eigenvalue weighted by Gasteiger charge is -2.26. The molecule has 1 saturated heterocycles. The van der Waals surface area contributed by atoms with Gasteiger partial charge in [-0.3, -0.25) is 9.47 Å². The molecule has 0 amide bonds. The van der Waals surface area contributed by atoms with Crippen molar-refractivity contribution in [2.75, 3.05) is 13.1 Å². The van der Waals surface area contributed by atoms with Gasteiger partial charge in [0.2, 0.25) is 5.89 Å². The first-order valence-electron chi connectivity index (χ1n) is 9.60. The number of nitrogens with zero attached hydrogens (tertiary/aromatic N) is 6. The molecule has 3 heterocycles. The maximum absolute atomic E-state index is 13.4. The van der Waals surface area contributed by atoms with Gasteiger partial charge in [-0.05, 0) is 50.2 Å². The van der Waals surface area contributed by atoms with Gasteiger partial charge in [0.05, 0.1) is 12.3 Å². The number of benzene rings is 1. The normalized spacial score (nSPS) is 15.2. The predicted molar refractivity (Wildman–Crippen MR) is 104 cm³/mol. The molecule has 0 N–H and O–H groups in total. The highest BCUT2D eigenvalue weighted by molar-refractivity contribution is 7.98. The molecule has 0 radical (unpaired) electrons. The molecule has 1 fully saturated rings. The average molecular weight is 402 g/mol. The van der Waals surface area contributed by atoms with Crippen molar-refractivity contribution in [1.29, 1.82) is 0 Å². The van der Waals surface area contributed by atoms with Gasteiger partial charge in [0.15, 0.2) is 16.8 Å². The summed E-state index contributed by atoms with van der Waals surface area (Å²) < 4.78 is 20.7. The highest BCUT2D eigenvalue weighted by atomic mass is 32.2. The molecule has 1 aliphatic heterocycles. The summed E-state index contributed by atoms with van der Waals surface area (Å²) >= 11 is 1.49. The summed E-state index contributed by atoms with van der Waals surface area (Å²) in [6, 6.07) is 6.43. The Kier molecular flexibility index (Phi) is 6.01. The Hall–Kier alpha value is -2.26. The topological polar surface area (TPSA) is 72.9 Å². The van der Waals surface area contributed by atoms with Gasteiger partial charge in [-0.1, -0.05) is 30.3 Å². The third-order valence-corrected chi connectivity index (χ3v) is 5.66. The number of rotatable bonds is 7. The minimum Gasteiger partial charge on any atom is -0.338 e. The van der Waals surface area contributed by atoms with Gasteiger partial charge < -0.3 is 4.52 Å². The Morgan fingerprint density at radius 2 is 1.89 bits per heavy atom. The Balaban J connectivity index is 1.58. The summed E-state index contributed by atoms with van der Waals surface area (Å²) in [6.45, 7) is 4.85. The van der Waals surface area contributed by atoms with E-state index in [4.69, 9.17) is 4.52 Å². The van der Waals surface area contributed by atoms with Crippen LogP contribution < -0.4 is 0 Å². The van der Waals surface area contributed by atoms with Gasteiger partial charge in [0.1, 0.15) is 5.82 Å². The molecule has 0 bridgehead atoms. The van der Waals surface area contributed by atoms with Crippen molar-refractivity contribution in [3.8, 4) is 5.69 Å². The second kappa shape index (κ2) is 8.83. The lowest BCUT2D eigenvalue weighted by atomic mass is 10.1. The molecule has 0 unspecified atom stereocenters. The van der Waals surface area contributed by atoms with Gasteiger partial charge in [0.25, 0.3) is 0 Å². The van der Waals surface area contributed by atoms with E-state index in [1.807, 2.05) is 11.5 Å². The van der Waals surface area contributed by atoms with E-state index in [2.05, 4.69) is 25.2 Å². The van der Waals surface area contributed by atoms with Crippen LogP contribution in [0, 0.1) is 5.82 Å². The van der Waals surface area contributed by atoms with Crippen molar-refractivity contribution in [2.45, 2.75) is 50.1 Å². The van der Waals surface area contributed by atoms with Crippen LogP contribution in [0.3, 0.4) is 0 Å². The summed E-state index contributed by atoms with van der Waals surface area (Å²) in [4.78, 5) is 6.74. The molecule has 3 aromatic rings. The minimum absolute atomic E-state index is 0.262. The Morgan fingerprint density at radius 3 is 2.61 bits per heavy atom. The van der Waals surface area contributed by atoms with Gasteiger partial charge in [-0.25, -0.2) is 4.39 Å². The first kappa shape index (κ1) is 19.1. The van der Waals surface area contributed by atoms with Crippen molar-refractivity contribution in [1.82, 2.24) is 29.8 Å². The molecule has 9 heteroatoms. The predicted octanol–water partition coefficient (Wildman–Crippen LogP) is 3.63. The van der Waals surface area contributed by atoms with Crippen LogP contribution in [0.4, 0.5) is 4.39 Å². The van der Waals surface area contributed by atoms with E-state index in [1.54, 1.807) is 12.1 Å². The molecule has 2 aromatic heterocycles. The fraction of sp³-hybridized carbons (Fsp3) is 0.474. The van der Waals surface area contributed by atoms with E-state index in [-0.39, 0.29) is 5.82 Å². The van der Waals surface area contributed by atoms with Crippen LogP contribution >= 0.6 is 11.8 Å². The Morgan fingerprint density at radius 1 is 1.11 bits per heavy atom. The molecule has 0 atom stereocenters. The number of aromatic nitrogens is 5. The first-order valence-corrected chi connectivity index (χ1v) is 10.6. The summed E-state index contributed by atoms with van der Waals surface area (Å²) in [5.74, 6) is 2.36. The van der Waals surface area contributed by atoms with Crippen LogP contribution in [0.25, 0.3) is 5.69 Å². The molecule has 4 rings (SSSR count). The molecule has 0 aliphatic carbocycles. The van der Waals surface area contributed by atoms with Gasteiger partial charge in [-0.15, -0.1) is 10.2 Å². The molecule has 0 spiro atoms. The highest BCUT2D eigenvalue weighted by Gasteiger charge is 2.19. The number of hydrogen-bond donors (Lipinski definition) is 0. The highest BCUT2D eigenvalue weighted by Crippen LogP contribution is 2.26. The van der Waals surface area contributed by atoms with Crippen LogP contribution in [0.15, 0.2) is 33.9 Å². The molecule has 7 nitrogen and oxygen atoms in total. The van der Waals surface area contributed by atoms with E-state index in [0.717, 1.165) is 42.7 Å². The molecular weight excluding hydrogens is 379 g/mol. The van der Waals surface area contributed by atoms with Crippen molar-refractivity contribution in [3.63, 3.8) is 0 Å². The second-order valence-electron chi connectivity index (χ2n) is 6.79. The van der Waals surface area contributed by atoms with Crippen molar-refractivity contribution >= 4 is 11.8 Å². The SMILES string of the molecule is CCc1noc(CSc2nnc(CN3CCCCC3)n2-c2ccc(F)cc2)n1. The average Bonchev–Trinajstić information content (AvgIpc) is 3.35. The maximum atomic E-state index is 13.4. The number of hydrogen-bond acceptors (Lipinski definition) is 7. The first-order chi connectivity index (χ1) is 13.7. The quantitative estimate of drug-likeness (QED) is 0.559. The van der Waals surface area contributed by atoms with E-state index < -0.39 is 0 Å². The van der Waals surface area contributed by atoms with E-state index >= 15 is 0 Å². The number of thioether (sulfide) groups is 1. The zero-order valence-corrected chi connectivity index (χ0v) is 16.7. The molecule has 28 heavy (non-hydrogen) atoms. The maximum Gasteiger partial charge on any atom is 0.237 e. The molecule has 148 valence electrons. The van der Waals surface area contributed by atoms with Gasteiger partial charge in [0, 0.05) is 12.1 Å². The number of aryl methyl sites for hydroxylation is 1. The number of piperidine rings is 1. The molecular formula is C19H23FN6OS. The van der Waals surface area contributed by atoms with Crippen molar-refractivity contribution in [3.05, 3.63) is 47.6 Å². The largest absolute Gasteiger partial charge is 0.338 e. The summed E-state index contributed by atoms with van der Waals surface area (Å²) in [6.07, 6.45) is 4.44. The zero-order chi connectivity index (χ0) is 19.3. The Labute approximate surface area is 167 Å². The fourth-order valence-corrected chi connectivity index (χ4v) is 4.09. The smallest absolute Gasteiger partial charge is 0.237 e. The third-order valence-electron chi connectivity index (χ3n) is 4.75. The standard InChI is InChI=1S/C19H23FN6OS/c1-2-16-21-18(27-24-16)13-28-19-23-22-17(12-25-10-4-3-5-11-25)26(19)15-8-6-14(20)7-9-15/h6-9H,2-5,10-13H2,1H3. The number of likely N-dealkylation sites (tertiary alicyclic amines) is 1. The van der Waals surface area contributed by atoms with E-state index in [1.165, 1.54) is 43.2 Å². The zero-order valence-electron chi connectivity index (χ0n) is 15.8. The van der Waals surface area contributed by atoms with Gasteiger partial charge in [-0.2, -0.15) is 4.98 Å². The van der Waals surface area contributed by atoms with E-state index in [9.17, 15) is 4.39 Å². The number of halogens is 1. The summed E-state index contributed by atoms with van der Waals surface area (Å²) in [5, 5.41) is 13.5. The Bertz CT molecular complexity index is 904. The van der Waals surface area contributed by atoms with Crippen molar-refractivity contribution < 1.29 is 8.91 Å². The van der Waals surface area contributed by atoms with Crippen molar-refractivity contribution in [2.24, 2.45) is 0 Å². The van der Waals surface area contributed by atoms with Crippen LogP contribution in [0.2, 0.25) is 0 Å². The minimum atomic E-state index is -0.262. The monoisotopic (exact) mass is 402 g/mol. The van der Waals surface area contributed by atoms with Crippen LogP contribution in [0.5, 0.6) is 0 Å². The van der Waals surface area contributed by atoms with E-state index in [0.29, 0.717) is 17.5 Å². The third kappa shape index (κ3) is 4.41. The molecule has 1 aliphatic rings. The second-order valence-corrected chi connectivity index (χ2v) is 7.74. The summed E-state index contributed by atoms with van der Waals surface area (Å²) in [5.41, 5.74) is 0.848. The van der Waals surface area contributed by atoms with Crippen LogP contribution in [-0.2, 0) is 18.7 Å². The molecule has 1 aromatic carbocycles.